The van der Waals surface area contributed by atoms with Crippen molar-refractivity contribution in [1.29, 1.82) is 0 Å². The van der Waals surface area contributed by atoms with E-state index in [1.54, 1.807) is 27.7 Å². The van der Waals surface area contributed by atoms with Gasteiger partial charge in [-0.05, 0) is 69.0 Å². The predicted molar refractivity (Wildman–Crippen MR) is 87.8 cm³/mol. The zero-order valence-corrected chi connectivity index (χ0v) is 14.2. The van der Waals surface area contributed by atoms with E-state index >= 15 is 0 Å². The lowest BCUT2D eigenvalue weighted by atomic mass is 9.98. The highest BCUT2D eigenvalue weighted by Gasteiger charge is 2.21. The second-order valence-electron chi connectivity index (χ2n) is 5.70. The maximum atomic E-state index is 12.6. The Balaban J connectivity index is 2.59. The number of ketones is 1. The van der Waals surface area contributed by atoms with Crippen molar-refractivity contribution >= 4 is 21.5 Å². The maximum Gasteiger partial charge on any atom is 0.283 e. The summed E-state index contributed by atoms with van der Waals surface area (Å²) >= 11 is 0. The Morgan fingerprint density at radius 1 is 0.864 bits per heavy atom. The summed E-state index contributed by atoms with van der Waals surface area (Å²) in [6, 6.07) is 3.65. The molecule has 0 unspecified atom stereocenters. The minimum absolute atomic E-state index is 0.0842. The first-order chi connectivity index (χ1) is 10.1. The number of aryl methyl sites for hydroxylation is 3. The summed E-state index contributed by atoms with van der Waals surface area (Å²) in [6.07, 6.45) is 3.01. The fraction of sp³-hybridized carbons (Fsp3) is 0.294. The summed E-state index contributed by atoms with van der Waals surface area (Å²) in [5.41, 5.74) is 3.63. The monoisotopic (exact) mass is 317 g/mol. The molecule has 1 aliphatic carbocycles. The average molecular weight is 317 g/mol. The van der Waals surface area contributed by atoms with E-state index in [0.717, 1.165) is 5.56 Å². The molecule has 0 aliphatic heterocycles. The first-order valence-electron chi connectivity index (χ1n) is 6.96. The molecule has 1 aromatic carbocycles. The SMILES string of the molecule is CC1=CC(=NS(=O)(=O)c2c(C)cc(C)cc2C)C=C(C)C1=O. The van der Waals surface area contributed by atoms with Crippen LogP contribution in [0.5, 0.6) is 0 Å². The molecule has 0 amide bonds. The van der Waals surface area contributed by atoms with Gasteiger partial charge in [-0.15, -0.1) is 0 Å². The van der Waals surface area contributed by atoms with Crippen LogP contribution in [-0.4, -0.2) is 19.9 Å². The number of benzene rings is 1. The first-order valence-corrected chi connectivity index (χ1v) is 8.40. The fourth-order valence-electron chi connectivity index (χ4n) is 2.74. The molecule has 4 nitrogen and oxygen atoms in total. The highest BCUT2D eigenvalue weighted by molar-refractivity contribution is 7.90. The van der Waals surface area contributed by atoms with E-state index in [0.29, 0.717) is 22.3 Å². The van der Waals surface area contributed by atoms with Crippen molar-refractivity contribution in [3.63, 3.8) is 0 Å². The van der Waals surface area contributed by atoms with Gasteiger partial charge in [-0.25, -0.2) is 0 Å². The van der Waals surface area contributed by atoms with Gasteiger partial charge < -0.3 is 0 Å². The Morgan fingerprint density at radius 2 is 1.32 bits per heavy atom. The van der Waals surface area contributed by atoms with Gasteiger partial charge in [-0.2, -0.15) is 12.8 Å². The smallest absolute Gasteiger partial charge is 0.283 e. The van der Waals surface area contributed by atoms with Crippen LogP contribution in [0.3, 0.4) is 0 Å². The number of carbonyl (C=O) groups is 1. The largest absolute Gasteiger partial charge is 0.289 e. The summed E-state index contributed by atoms with van der Waals surface area (Å²) in [7, 11) is -3.81. The molecule has 22 heavy (non-hydrogen) atoms. The van der Waals surface area contributed by atoms with Crippen LogP contribution >= 0.6 is 0 Å². The number of nitrogens with zero attached hydrogens (tertiary/aromatic N) is 1. The molecule has 1 aliphatic rings. The van der Waals surface area contributed by atoms with Gasteiger partial charge in [0.05, 0.1) is 10.6 Å². The van der Waals surface area contributed by atoms with E-state index in [1.165, 1.54) is 12.2 Å². The predicted octanol–water partition coefficient (Wildman–Crippen LogP) is 3.22. The van der Waals surface area contributed by atoms with Crippen LogP contribution in [0.25, 0.3) is 0 Å². The molecule has 0 saturated carbocycles. The van der Waals surface area contributed by atoms with Crippen molar-refractivity contribution in [3.05, 3.63) is 52.1 Å². The topological polar surface area (TPSA) is 63.6 Å². The number of carbonyl (C=O) groups excluding carboxylic acids is 1. The third kappa shape index (κ3) is 3.09. The number of allylic oxidation sites excluding steroid dienone is 4. The normalized spacial score (nSPS) is 15.5. The first kappa shape index (κ1) is 16.4. The Kier molecular flexibility index (Phi) is 4.20. The van der Waals surface area contributed by atoms with Gasteiger partial charge in [0.2, 0.25) is 0 Å². The zero-order chi connectivity index (χ0) is 16.7. The number of hydrogen-bond acceptors (Lipinski definition) is 3. The molecule has 1 aromatic rings. The van der Waals surface area contributed by atoms with Crippen LogP contribution < -0.4 is 0 Å². The van der Waals surface area contributed by atoms with Gasteiger partial charge in [-0.1, -0.05) is 17.7 Å². The van der Waals surface area contributed by atoms with E-state index < -0.39 is 10.0 Å². The lowest BCUT2D eigenvalue weighted by Crippen LogP contribution is -2.13. The summed E-state index contributed by atoms with van der Waals surface area (Å²) in [4.78, 5) is 11.9. The van der Waals surface area contributed by atoms with Crippen LogP contribution in [-0.2, 0) is 14.8 Å². The molecular formula is C17H19NO3S. The highest BCUT2D eigenvalue weighted by atomic mass is 32.2. The molecule has 0 spiro atoms. The number of hydrogen-bond donors (Lipinski definition) is 0. The molecule has 0 saturated heterocycles. The Morgan fingerprint density at radius 3 is 1.77 bits per heavy atom. The van der Waals surface area contributed by atoms with E-state index in [1.807, 2.05) is 19.1 Å². The van der Waals surface area contributed by atoms with Crippen molar-refractivity contribution < 1.29 is 13.2 Å². The third-order valence-electron chi connectivity index (χ3n) is 3.53. The highest BCUT2D eigenvalue weighted by Crippen LogP contribution is 2.24. The van der Waals surface area contributed by atoms with Crippen LogP contribution in [0, 0.1) is 20.8 Å². The molecule has 0 N–H and O–H groups in total. The molecule has 5 heteroatoms. The lowest BCUT2D eigenvalue weighted by molar-refractivity contribution is -0.112. The molecule has 0 aromatic heterocycles. The molecule has 0 radical (unpaired) electrons. The van der Waals surface area contributed by atoms with Gasteiger partial charge in [0, 0.05) is 0 Å². The second kappa shape index (κ2) is 5.65. The summed E-state index contributed by atoms with van der Waals surface area (Å²) < 4.78 is 29.1. The van der Waals surface area contributed by atoms with Crippen molar-refractivity contribution in [1.82, 2.24) is 0 Å². The van der Waals surface area contributed by atoms with Crippen molar-refractivity contribution in [2.24, 2.45) is 4.40 Å². The van der Waals surface area contributed by atoms with E-state index in [9.17, 15) is 13.2 Å². The number of Topliss-reactive ketones (excluding diaryl/α,β-unsaturated/α-hetero) is 1. The van der Waals surface area contributed by atoms with Crippen molar-refractivity contribution in [2.45, 2.75) is 39.5 Å². The van der Waals surface area contributed by atoms with Gasteiger partial charge >= 0.3 is 0 Å². The third-order valence-corrected chi connectivity index (χ3v) is 5.14. The van der Waals surface area contributed by atoms with Crippen molar-refractivity contribution in [2.75, 3.05) is 0 Å². The van der Waals surface area contributed by atoms with E-state index in [-0.39, 0.29) is 16.4 Å². The van der Waals surface area contributed by atoms with Gasteiger partial charge in [0.1, 0.15) is 0 Å². The molecule has 0 bridgehead atoms. The van der Waals surface area contributed by atoms with Crippen LogP contribution in [0.15, 0.2) is 44.7 Å². The van der Waals surface area contributed by atoms with Crippen LogP contribution in [0.2, 0.25) is 0 Å². The maximum absolute atomic E-state index is 12.6. The second-order valence-corrected chi connectivity index (χ2v) is 7.24. The summed E-state index contributed by atoms with van der Waals surface area (Å²) in [6.45, 7) is 8.76. The molecule has 0 heterocycles. The van der Waals surface area contributed by atoms with Gasteiger partial charge in [0.15, 0.2) is 5.78 Å². The standard InChI is InChI=1S/C17H19NO3S/c1-10-6-13(4)17(14(5)7-10)22(20,21)18-15-8-11(2)16(19)12(3)9-15/h6-9H,1-5H3. The molecular weight excluding hydrogens is 298 g/mol. The molecule has 2 rings (SSSR count). The van der Waals surface area contributed by atoms with Gasteiger partial charge in [0.25, 0.3) is 10.0 Å². The Bertz CT molecular complexity index is 809. The minimum Gasteiger partial charge on any atom is -0.289 e. The Labute approximate surface area is 131 Å². The molecule has 0 fully saturated rings. The minimum atomic E-state index is -3.81. The fourth-order valence-corrected chi connectivity index (χ4v) is 4.14. The Hall–Kier alpha value is -2.01. The average Bonchev–Trinajstić information content (AvgIpc) is 2.33. The quantitative estimate of drug-likeness (QED) is 0.787. The number of rotatable bonds is 2. The molecule has 0 atom stereocenters. The lowest BCUT2D eigenvalue weighted by Gasteiger charge is -2.11. The van der Waals surface area contributed by atoms with Crippen LogP contribution in [0.1, 0.15) is 30.5 Å². The zero-order valence-electron chi connectivity index (χ0n) is 13.4. The van der Waals surface area contributed by atoms with Gasteiger partial charge in [-0.3, -0.25) is 4.79 Å². The van der Waals surface area contributed by atoms with E-state index in [4.69, 9.17) is 0 Å². The summed E-state index contributed by atoms with van der Waals surface area (Å²) in [5.74, 6) is -0.0842. The van der Waals surface area contributed by atoms with E-state index in [2.05, 4.69) is 4.40 Å². The summed E-state index contributed by atoms with van der Waals surface area (Å²) in [5, 5.41) is 0. The van der Waals surface area contributed by atoms with Crippen molar-refractivity contribution in [3.8, 4) is 0 Å². The molecule has 116 valence electrons. The number of sulfonamides is 1. The van der Waals surface area contributed by atoms with Crippen LogP contribution in [0.4, 0.5) is 0 Å².